The monoisotopic (exact) mass is 235 g/mol. The number of rotatable bonds is 2. The molecule has 1 aromatic rings. The van der Waals surface area contributed by atoms with Crippen LogP contribution in [0, 0.1) is 10.1 Å². The van der Waals surface area contributed by atoms with Gasteiger partial charge < -0.3 is 0 Å². The van der Waals surface area contributed by atoms with Gasteiger partial charge in [0.15, 0.2) is 0 Å². The zero-order valence-electron chi connectivity index (χ0n) is 6.83. The summed E-state index contributed by atoms with van der Waals surface area (Å²) in [5.41, 5.74) is 0.0255. The van der Waals surface area contributed by atoms with Crippen LogP contribution in [0.3, 0.4) is 0 Å². The highest BCUT2D eigenvalue weighted by Gasteiger charge is 2.25. The molecular weight excluding hydrogens is 229 g/mol. The van der Waals surface area contributed by atoms with Gasteiger partial charge in [0.2, 0.25) is 0 Å². The molecule has 1 rings (SSSR count). The van der Waals surface area contributed by atoms with E-state index in [1.807, 2.05) is 0 Å². The predicted molar refractivity (Wildman–Crippen MR) is 56.1 cm³/mol. The molecule has 0 aliphatic heterocycles. The Bertz CT molecular complexity index is 338. The van der Waals surface area contributed by atoms with Crippen LogP contribution in [0.4, 0.5) is 5.69 Å². The number of nitro benzene ring substituents is 1. The third-order valence-electron chi connectivity index (χ3n) is 1.56. The summed E-state index contributed by atoms with van der Waals surface area (Å²) in [4.78, 5) is 9.95. The van der Waals surface area contributed by atoms with Crippen molar-refractivity contribution < 1.29 is 4.92 Å². The van der Waals surface area contributed by atoms with Gasteiger partial charge in [-0.3, -0.25) is 10.1 Å². The van der Waals surface area contributed by atoms with Gasteiger partial charge in [-0.15, -0.1) is 22.2 Å². The van der Waals surface area contributed by atoms with E-state index in [4.69, 9.17) is 22.2 Å². The van der Waals surface area contributed by atoms with Crippen LogP contribution in [-0.4, -0.2) is 11.6 Å². The van der Waals surface area contributed by atoms with Gasteiger partial charge in [0.05, 0.1) is 4.92 Å². The van der Waals surface area contributed by atoms with Crippen molar-refractivity contribution in [3.05, 3.63) is 34.4 Å². The molecular formula is C7H7Cl2NO2Si. The van der Waals surface area contributed by atoms with Crippen LogP contribution in [0.25, 0.3) is 0 Å². The summed E-state index contributed by atoms with van der Waals surface area (Å²) in [7, 11) is 0. The summed E-state index contributed by atoms with van der Waals surface area (Å²) < 4.78 is 0. The van der Waals surface area contributed by atoms with Gasteiger partial charge in [-0.1, -0.05) is 12.1 Å². The highest BCUT2D eigenvalue weighted by atomic mass is 35.7. The summed E-state index contributed by atoms with van der Waals surface area (Å²) in [5.74, 6) is 0. The smallest absolute Gasteiger partial charge is 0.258 e. The molecule has 0 amide bonds. The molecule has 0 aromatic heterocycles. The Morgan fingerprint density at radius 1 is 1.46 bits per heavy atom. The Balaban J connectivity index is 3.13. The van der Waals surface area contributed by atoms with Crippen LogP contribution < -0.4 is 5.19 Å². The van der Waals surface area contributed by atoms with Crippen LogP contribution in [0.15, 0.2) is 24.3 Å². The number of nitrogens with zero attached hydrogens (tertiary/aromatic N) is 1. The van der Waals surface area contributed by atoms with Crippen molar-refractivity contribution >= 4 is 39.7 Å². The lowest BCUT2D eigenvalue weighted by Gasteiger charge is -2.09. The van der Waals surface area contributed by atoms with E-state index >= 15 is 0 Å². The van der Waals surface area contributed by atoms with Crippen molar-refractivity contribution in [3.8, 4) is 0 Å². The summed E-state index contributed by atoms with van der Waals surface area (Å²) in [5, 5.41) is 11.1. The molecule has 0 aliphatic carbocycles. The van der Waals surface area contributed by atoms with Gasteiger partial charge in [-0.05, 0) is 11.7 Å². The largest absolute Gasteiger partial charge is 0.278 e. The van der Waals surface area contributed by atoms with E-state index in [0.717, 1.165) is 0 Å². The van der Waals surface area contributed by atoms with Crippen LogP contribution in [0.5, 0.6) is 0 Å². The van der Waals surface area contributed by atoms with E-state index in [1.165, 1.54) is 12.1 Å². The maximum atomic E-state index is 10.4. The quantitative estimate of drug-likeness (QED) is 0.342. The molecule has 0 saturated heterocycles. The first kappa shape index (κ1) is 10.5. The number of nitro groups is 1. The lowest BCUT2D eigenvalue weighted by molar-refractivity contribution is -0.384. The van der Waals surface area contributed by atoms with E-state index in [9.17, 15) is 10.1 Å². The fraction of sp³-hybridized carbons (Fsp3) is 0.143. The van der Waals surface area contributed by atoms with Crippen molar-refractivity contribution in [2.75, 3.05) is 0 Å². The molecule has 0 unspecified atom stereocenters. The first-order chi connectivity index (χ1) is 5.91. The Morgan fingerprint density at radius 2 is 2.08 bits per heavy atom. The molecule has 70 valence electrons. The summed E-state index contributed by atoms with van der Waals surface area (Å²) >= 11 is 11.8. The molecule has 0 N–H and O–H groups in total. The van der Waals surface area contributed by atoms with Gasteiger partial charge >= 0.3 is 0 Å². The van der Waals surface area contributed by atoms with Crippen LogP contribution in [0.2, 0.25) is 6.55 Å². The maximum absolute atomic E-state index is 10.4. The highest BCUT2D eigenvalue weighted by Crippen LogP contribution is 2.17. The van der Waals surface area contributed by atoms with Crippen molar-refractivity contribution in [1.29, 1.82) is 0 Å². The Hall–Kier alpha value is -0.583. The molecule has 0 spiro atoms. The SMILES string of the molecule is C[Si](Cl)(Cl)c1cccc([N+](=O)[O-])c1. The first-order valence-corrected chi connectivity index (χ1v) is 8.06. The average Bonchev–Trinajstić information content (AvgIpc) is 2.03. The highest BCUT2D eigenvalue weighted by molar-refractivity contribution is 7.50. The summed E-state index contributed by atoms with van der Waals surface area (Å²) in [6.45, 7) is -0.767. The molecule has 0 saturated carbocycles. The molecule has 0 bridgehead atoms. The Morgan fingerprint density at radius 3 is 2.54 bits per heavy atom. The van der Waals surface area contributed by atoms with Gasteiger partial charge in [0, 0.05) is 12.1 Å². The summed E-state index contributed by atoms with van der Waals surface area (Å²) in [6.07, 6.45) is 0. The minimum Gasteiger partial charge on any atom is -0.258 e. The molecule has 0 radical (unpaired) electrons. The second kappa shape index (κ2) is 3.65. The zero-order valence-corrected chi connectivity index (χ0v) is 9.34. The maximum Gasteiger partial charge on any atom is 0.278 e. The molecule has 0 fully saturated rings. The molecule has 0 aliphatic rings. The lowest BCUT2D eigenvalue weighted by Crippen LogP contribution is -2.32. The van der Waals surface area contributed by atoms with Gasteiger partial charge in [0.1, 0.15) is 0 Å². The fourth-order valence-corrected chi connectivity index (χ4v) is 2.39. The van der Waals surface area contributed by atoms with E-state index in [-0.39, 0.29) is 5.69 Å². The van der Waals surface area contributed by atoms with Gasteiger partial charge in [0.25, 0.3) is 12.4 Å². The van der Waals surface area contributed by atoms with E-state index in [1.54, 1.807) is 18.7 Å². The van der Waals surface area contributed by atoms with E-state index in [2.05, 4.69) is 0 Å². The normalized spacial score (nSPS) is 11.3. The van der Waals surface area contributed by atoms with Gasteiger partial charge in [-0.2, -0.15) is 0 Å². The molecule has 0 atom stereocenters. The third-order valence-corrected chi connectivity index (χ3v) is 4.20. The predicted octanol–water partition coefficient (Wildman–Crippen LogP) is 2.35. The number of benzene rings is 1. The number of non-ortho nitro benzene ring substituents is 1. The van der Waals surface area contributed by atoms with Crippen molar-refractivity contribution in [2.24, 2.45) is 0 Å². The van der Waals surface area contributed by atoms with E-state index in [0.29, 0.717) is 5.19 Å². The van der Waals surface area contributed by atoms with E-state index < -0.39 is 11.6 Å². The summed E-state index contributed by atoms with van der Waals surface area (Å²) in [6, 6.07) is 6.13. The topological polar surface area (TPSA) is 43.1 Å². The zero-order chi connectivity index (χ0) is 10.1. The molecule has 6 heteroatoms. The van der Waals surface area contributed by atoms with Crippen molar-refractivity contribution in [2.45, 2.75) is 6.55 Å². The third kappa shape index (κ3) is 2.69. The second-order valence-corrected chi connectivity index (χ2v) is 10.2. The van der Waals surface area contributed by atoms with Gasteiger partial charge in [-0.25, -0.2) is 0 Å². The second-order valence-electron chi connectivity index (χ2n) is 2.70. The Labute approximate surface area is 85.8 Å². The number of halogens is 2. The standard InChI is InChI=1S/C7H7Cl2NO2Si/c1-13(8,9)7-4-2-3-6(5-7)10(11)12/h2-5H,1H3. The van der Waals surface area contributed by atoms with Crippen LogP contribution in [0.1, 0.15) is 0 Å². The molecule has 1 aromatic carbocycles. The minimum atomic E-state index is -2.47. The van der Waals surface area contributed by atoms with Crippen molar-refractivity contribution in [3.63, 3.8) is 0 Å². The first-order valence-electron chi connectivity index (χ1n) is 3.54. The number of hydrogen-bond acceptors (Lipinski definition) is 2. The van der Waals surface area contributed by atoms with Crippen LogP contribution >= 0.6 is 22.2 Å². The molecule has 13 heavy (non-hydrogen) atoms. The van der Waals surface area contributed by atoms with Crippen LogP contribution in [-0.2, 0) is 0 Å². The number of hydrogen-bond donors (Lipinski definition) is 0. The molecule has 3 nitrogen and oxygen atoms in total. The average molecular weight is 236 g/mol. The minimum absolute atomic E-state index is 0.0255. The fourth-order valence-electron chi connectivity index (χ4n) is 0.893. The lowest BCUT2D eigenvalue weighted by atomic mass is 10.3. The Kier molecular flexibility index (Phi) is 2.95. The van der Waals surface area contributed by atoms with Crippen molar-refractivity contribution in [1.82, 2.24) is 0 Å². The molecule has 0 heterocycles.